The first kappa shape index (κ1) is 19.4. The number of aromatic nitrogens is 1. The highest BCUT2D eigenvalue weighted by Crippen LogP contribution is 2.29. The zero-order valence-corrected chi connectivity index (χ0v) is 15.0. The third-order valence-corrected chi connectivity index (χ3v) is 3.97. The van der Waals surface area contributed by atoms with Gasteiger partial charge in [-0.3, -0.25) is 9.78 Å². The van der Waals surface area contributed by atoms with Crippen molar-refractivity contribution in [2.24, 2.45) is 0 Å². The number of pyridine rings is 1. The van der Waals surface area contributed by atoms with Gasteiger partial charge in [0.15, 0.2) is 0 Å². The molecule has 28 heavy (non-hydrogen) atoms. The summed E-state index contributed by atoms with van der Waals surface area (Å²) in [7, 11) is 0. The Morgan fingerprint density at radius 3 is 2.46 bits per heavy atom. The molecule has 0 aliphatic heterocycles. The highest BCUT2D eigenvalue weighted by Gasteiger charge is 2.29. The third kappa shape index (κ3) is 5.09. The minimum absolute atomic E-state index is 0.0227. The van der Waals surface area contributed by atoms with Crippen LogP contribution in [0.15, 0.2) is 67.0 Å². The molecule has 3 aromatic rings. The van der Waals surface area contributed by atoms with Crippen LogP contribution in [0, 0.1) is 6.92 Å². The summed E-state index contributed by atoms with van der Waals surface area (Å²) in [5.41, 5.74) is 1.15. The fourth-order valence-corrected chi connectivity index (χ4v) is 2.58. The summed E-state index contributed by atoms with van der Waals surface area (Å²) >= 11 is 0. The van der Waals surface area contributed by atoms with Gasteiger partial charge >= 0.3 is 6.18 Å². The topological polar surface area (TPSA) is 51.2 Å². The van der Waals surface area contributed by atoms with E-state index in [1.54, 1.807) is 42.7 Å². The van der Waals surface area contributed by atoms with Crippen LogP contribution in [0.3, 0.4) is 0 Å². The van der Waals surface area contributed by atoms with Crippen LogP contribution < -0.4 is 10.1 Å². The standard InChI is InChI=1S/C21H17F3N2O2/c1-14-11-17(8-9-19(14)28-18-3-2-10-25-13-18)26-20(27)12-15-4-6-16(7-5-15)21(22,23)24/h2-11,13H,12H2,1H3,(H,26,27). The molecule has 0 aliphatic carbocycles. The molecule has 0 spiro atoms. The second-order valence-corrected chi connectivity index (χ2v) is 6.19. The Kier molecular flexibility index (Phi) is 5.63. The molecule has 4 nitrogen and oxygen atoms in total. The minimum atomic E-state index is -4.39. The van der Waals surface area contributed by atoms with Crippen LogP contribution in [-0.2, 0) is 17.4 Å². The number of hydrogen-bond donors (Lipinski definition) is 1. The summed E-state index contributed by atoms with van der Waals surface area (Å²) in [6, 6.07) is 13.3. The summed E-state index contributed by atoms with van der Waals surface area (Å²) in [4.78, 5) is 16.2. The average Bonchev–Trinajstić information content (AvgIpc) is 2.64. The molecule has 144 valence electrons. The fraction of sp³-hybridized carbons (Fsp3) is 0.143. The van der Waals surface area contributed by atoms with E-state index in [9.17, 15) is 18.0 Å². The monoisotopic (exact) mass is 386 g/mol. The fourth-order valence-electron chi connectivity index (χ4n) is 2.58. The molecule has 0 aliphatic rings. The largest absolute Gasteiger partial charge is 0.455 e. The molecule has 0 radical (unpaired) electrons. The van der Waals surface area contributed by atoms with E-state index in [0.717, 1.165) is 17.7 Å². The molecule has 0 saturated carbocycles. The van der Waals surface area contributed by atoms with Crippen molar-refractivity contribution in [3.63, 3.8) is 0 Å². The molecule has 0 unspecified atom stereocenters. The molecule has 1 N–H and O–H groups in total. The number of carbonyl (C=O) groups is 1. The van der Waals surface area contributed by atoms with E-state index in [2.05, 4.69) is 10.3 Å². The quantitative estimate of drug-likeness (QED) is 0.640. The lowest BCUT2D eigenvalue weighted by Gasteiger charge is -2.11. The van der Waals surface area contributed by atoms with Gasteiger partial charge in [0.1, 0.15) is 11.5 Å². The molecular formula is C21H17F3N2O2. The normalized spacial score (nSPS) is 11.1. The van der Waals surface area contributed by atoms with Crippen molar-refractivity contribution in [2.75, 3.05) is 5.32 Å². The van der Waals surface area contributed by atoms with E-state index in [0.29, 0.717) is 22.7 Å². The molecule has 0 saturated heterocycles. The number of benzene rings is 2. The van der Waals surface area contributed by atoms with Crippen LogP contribution in [0.5, 0.6) is 11.5 Å². The Hall–Kier alpha value is -3.35. The van der Waals surface area contributed by atoms with Gasteiger partial charge in [-0.1, -0.05) is 12.1 Å². The van der Waals surface area contributed by atoms with E-state index >= 15 is 0 Å². The molecule has 1 aromatic heterocycles. The van der Waals surface area contributed by atoms with Gasteiger partial charge in [0.2, 0.25) is 5.91 Å². The SMILES string of the molecule is Cc1cc(NC(=O)Cc2ccc(C(F)(F)F)cc2)ccc1Oc1cccnc1. The summed E-state index contributed by atoms with van der Waals surface area (Å²) in [6.45, 7) is 1.84. The number of rotatable bonds is 5. The second kappa shape index (κ2) is 8.12. The van der Waals surface area contributed by atoms with Crippen molar-refractivity contribution in [2.45, 2.75) is 19.5 Å². The number of alkyl halides is 3. The van der Waals surface area contributed by atoms with Crippen LogP contribution in [0.25, 0.3) is 0 Å². The van der Waals surface area contributed by atoms with Crippen molar-refractivity contribution in [1.29, 1.82) is 0 Å². The van der Waals surface area contributed by atoms with Gasteiger partial charge in [-0.15, -0.1) is 0 Å². The summed E-state index contributed by atoms with van der Waals surface area (Å²) < 4.78 is 43.5. The number of amides is 1. The van der Waals surface area contributed by atoms with E-state index in [-0.39, 0.29) is 12.3 Å². The van der Waals surface area contributed by atoms with Crippen LogP contribution in [0.1, 0.15) is 16.7 Å². The minimum Gasteiger partial charge on any atom is -0.455 e. The lowest BCUT2D eigenvalue weighted by Crippen LogP contribution is -2.14. The van der Waals surface area contributed by atoms with E-state index < -0.39 is 11.7 Å². The molecule has 1 amide bonds. The summed E-state index contributed by atoms with van der Waals surface area (Å²) in [5.74, 6) is 0.915. The number of nitrogens with zero attached hydrogens (tertiary/aromatic N) is 1. The first-order valence-electron chi connectivity index (χ1n) is 8.46. The van der Waals surface area contributed by atoms with Gasteiger partial charge in [0.25, 0.3) is 0 Å². The summed E-state index contributed by atoms with van der Waals surface area (Å²) in [6.07, 6.45) is -1.17. The van der Waals surface area contributed by atoms with Crippen LogP contribution in [-0.4, -0.2) is 10.9 Å². The molecule has 0 fully saturated rings. The van der Waals surface area contributed by atoms with Gasteiger partial charge in [-0.05, 0) is 60.5 Å². The maximum atomic E-state index is 12.6. The number of carbonyl (C=O) groups excluding carboxylic acids is 1. The molecule has 7 heteroatoms. The maximum Gasteiger partial charge on any atom is 0.416 e. The lowest BCUT2D eigenvalue weighted by molar-refractivity contribution is -0.137. The highest BCUT2D eigenvalue weighted by atomic mass is 19.4. The molecule has 0 atom stereocenters. The molecule has 1 heterocycles. The predicted octanol–water partition coefficient (Wildman–Crippen LogP) is 5.38. The molecular weight excluding hydrogens is 369 g/mol. The van der Waals surface area contributed by atoms with Crippen molar-refractivity contribution in [3.8, 4) is 11.5 Å². The Balaban J connectivity index is 1.62. The Morgan fingerprint density at radius 2 is 1.86 bits per heavy atom. The third-order valence-electron chi connectivity index (χ3n) is 3.97. The van der Waals surface area contributed by atoms with E-state index in [1.165, 1.54) is 12.1 Å². The van der Waals surface area contributed by atoms with Crippen LogP contribution in [0.2, 0.25) is 0 Å². The molecule has 3 rings (SSSR count). The number of aryl methyl sites for hydroxylation is 1. The first-order chi connectivity index (χ1) is 13.3. The Labute approximate surface area is 160 Å². The smallest absolute Gasteiger partial charge is 0.416 e. The second-order valence-electron chi connectivity index (χ2n) is 6.19. The number of nitrogens with one attached hydrogen (secondary N) is 1. The number of halogens is 3. The Morgan fingerprint density at radius 1 is 1.11 bits per heavy atom. The maximum absolute atomic E-state index is 12.6. The van der Waals surface area contributed by atoms with Crippen molar-refractivity contribution >= 4 is 11.6 Å². The van der Waals surface area contributed by atoms with Crippen molar-refractivity contribution in [3.05, 3.63) is 83.7 Å². The van der Waals surface area contributed by atoms with Crippen molar-refractivity contribution in [1.82, 2.24) is 4.98 Å². The average molecular weight is 386 g/mol. The number of anilines is 1. The van der Waals surface area contributed by atoms with Gasteiger partial charge in [0.05, 0.1) is 18.2 Å². The Bertz CT molecular complexity index is 956. The van der Waals surface area contributed by atoms with E-state index in [1.807, 2.05) is 6.92 Å². The molecule has 2 aromatic carbocycles. The van der Waals surface area contributed by atoms with Gasteiger partial charge < -0.3 is 10.1 Å². The van der Waals surface area contributed by atoms with Crippen molar-refractivity contribution < 1.29 is 22.7 Å². The number of ether oxygens (including phenoxy) is 1. The van der Waals surface area contributed by atoms with E-state index in [4.69, 9.17) is 4.74 Å². The zero-order chi connectivity index (χ0) is 20.1. The van der Waals surface area contributed by atoms with Gasteiger partial charge in [-0.2, -0.15) is 13.2 Å². The lowest BCUT2D eigenvalue weighted by atomic mass is 10.1. The number of hydrogen-bond acceptors (Lipinski definition) is 3. The van der Waals surface area contributed by atoms with Crippen LogP contribution >= 0.6 is 0 Å². The van der Waals surface area contributed by atoms with Gasteiger partial charge in [0, 0.05) is 11.9 Å². The van der Waals surface area contributed by atoms with Gasteiger partial charge in [-0.25, -0.2) is 0 Å². The first-order valence-corrected chi connectivity index (χ1v) is 8.46. The van der Waals surface area contributed by atoms with Crippen LogP contribution in [0.4, 0.5) is 18.9 Å². The zero-order valence-electron chi connectivity index (χ0n) is 15.0. The summed E-state index contributed by atoms with van der Waals surface area (Å²) in [5, 5.41) is 2.74. The molecule has 0 bridgehead atoms. The predicted molar refractivity (Wildman–Crippen MR) is 99.3 cm³/mol. The highest BCUT2D eigenvalue weighted by molar-refractivity contribution is 5.92.